The van der Waals surface area contributed by atoms with E-state index in [2.05, 4.69) is 39.9 Å². The third-order valence-electron chi connectivity index (χ3n) is 3.86. The largest absolute Gasteiger partial charge is 0.381 e. The molecular weight excluding hydrogens is 222 g/mol. The van der Waals surface area contributed by atoms with Gasteiger partial charge in [0.25, 0.3) is 0 Å². The van der Waals surface area contributed by atoms with Gasteiger partial charge >= 0.3 is 0 Å². The summed E-state index contributed by atoms with van der Waals surface area (Å²) in [6.07, 6.45) is 5.14. The van der Waals surface area contributed by atoms with Crippen LogP contribution in [0.2, 0.25) is 0 Å². The van der Waals surface area contributed by atoms with Gasteiger partial charge < -0.3 is 10.1 Å². The Morgan fingerprint density at radius 1 is 1.28 bits per heavy atom. The van der Waals surface area contributed by atoms with E-state index in [0.29, 0.717) is 10.8 Å². The molecule has 0 spiro atoms. The zero-order valence-corrected chi connectivity index (χ0v) is 13.1. The molecule has 1 atom stereocenters. The number of nitrogens with one attached hydrogen (secondary N) is 1. The van der Waals surface area contributed by atoms with Crippen molar-refractivity contribution in [3.8, 4) is 0 Å². The molecule has 0 aromatic heterocycles. The lowest BCUT2D eigenvalue weighted by atomic mass is 9.74. The van der Waals surface area contributed by atoms with E-state index in [-0.39, 0.29) is 0 Å². The summed E-state index contributed by atoms with van der Waals surface area (Å²) in [5, 5.41) is 3.65. The standard InChI is InChI=1S/C16H33NO/c1-14(2)11-17-12-16(7-6-10-18-13-16)9-8-15(3,4)5/h14,17H,6-13H2,1-5H3. The quantitative estimate of drug-likeness (QED) is 0.778. The number of hydrogen-bond donors (Lipinski definition) is 1. The van der Waals surface area contributed by atoms with Crippen molar-refractivity contribution in [3.63, 3.8) is 0 Å². The lowest BCUT2D eigenvalue weighted by molar-refractivity contribution is -0.0173. The van der Waals surface area contributed by atoms with Crippen molar-refractivity contribution in [1.82, 2.24) is 5.32 Å². The molecule has 0 amide bonds. The summed E-state index contributed by atoms with van der Waals surface area (Å²) in [5.74, 6) is 0.731. The molecule has 1 fully saturated rings. The summed E-state index contributed by atoms with van der Waals surface area (Å²) in [5.41, 5.74) is 0.822. The van der Waals surface area contributed by atoms with Crippen molar-refractivity contribution in [2.24, 2.45) is 16.7 Å². The predicted octanol–water partition coefficient (Wildman–Crippen LogP) is 3.86. The van der Waals surface area contributed by atoms with Crippen LogP contribution < -0.4 is 5.32 Å². The molecule has 0 aromatic carbocycles. The topological polar surface area (TPSA) is 21.3 Å². The first-order chi connectivity index (χ1) is 8.33. The fourth-order valence-electron chi connectivity index (χ4n) is 2.60. The van der Waals surface area contributed by atoms with Crippen LogP contribution in [0, 0.1) is 16.7 Å². The Labute approximate surface area is 114 Å². The Kier molecular flexibility index (Phi) is 6.13. The predicted molar refractivity (Wildman–Crippen MR) is 78.9 cm³/mol. The van der Waals surface area contributed by atoms with Crippen molar-refractivity contribution in [2.75, 3.05) is 26.3 Å². The van der Waals surface area contributed by atoms with Gasteiger partial charge in [-0.3, -0.25) is 0 Å². The van der Waals surface area contributed by atoms with E-state index in [1.54, 1.807) is 0 Å². The molecule has 0 radical (unpaired) electrons. The van der Waals surface area contributed by atoms with Crippen molar-refractivity contribution in [3.05, 3.63) is 0 Å². The average molecular weight is 255 g/mol. The lowest BCUT2D eigenvalue weighted by Gasteiger charge is -2.39. The Morgan fingerprint density at radius 3 is 2.50 bits per heavy atom. The maximum Gasteiger partial charge on any atom is 0.0534 e. The van der Waals surface area contributed by atoms with Crippen molar-refractivity contribution >= 4 is 0 Å². The van der Waals surface area contributed by atoms with Gasteiger partial charge in [-0.25, -0.2) is 0 Å². The third-order valence-corrected chi connectivity index (χ3v) is 3.86. The van der Waals surface area contributed by atoms with Gasteiger partial charge in [0.2, 0.25) is 0 Å². The monoisotopic (exact) mass is 255 g/mol. The van der Waals surface area contributed by atoms with Gasteiger partial charge in [0, 0.05) is 18.6 Å². The van der Waals surface area contributed by atoms with Crippen molar-refractivity contribution < 1.29 is 4.74 Å². The first-order valence-electron chi connectivity index (χ1n) is 7.62. The van der Waals surface area contributed by atoms with E-state index in [1.165, 1.54) is 25.7 Å². The SMILES string of the molecule is CC(C)CNCC1(CCC(C)(C)C)CCCOC1. The first kappa shape index (κ1) is 16.0. The van der Waals surface area contributed by atoms with E-state index in [9.17, 15) is 0 Å². The van der Waals surface area contributed by atoms with Crippen molar-refractivity contribution in [2.45, 2.75) is 60.3 Å². The first-order valence-corrected chi connectivity index (χ1v) is 7.62. The molecule has 1 unspecified atom stereocenters. The molecule has 1 rings (SSSR count). The zero-order chi connectivity index (χ0) is 13.6. The minimum atomic E-state index is 0.389. The Balaban J connectivity index is 2.46. The summed E-state index contributed by atoms with van der Waals surface area (Å²) >= 11 is 0. The van der Waals surface area contributed by atoms with E-state index >= 15 is 0 Å². The summed E-state index contributed by atoms with van der Waals surface area (Å²) in [4.78, 5) is 0. The highest BCUT2D eigenvalue weighted by Crippen LogP contribution is 2.36. The van der Waals surface area contributed by atoms with E-state index < -0.39 is 0 Å². The molecule has 1 aliphatic heterocycles. The summed E-state index contributed by atoms with van der Waals surface area (Å²) in [7, 11) is 0. The second kappa shape index (κ2) is 6.91. The Hall–Kier alpha value is -0.0800. The van der Waals surface area contributed by atoms with Crippen LogP contribution in [0.1, 0.15) is 60.3 Å². The Morgan fingerprint density at radius 2 is 2.00 bits per heavy atom. The van der Waals surface area contributed by atoms with E-state index in [0.717, 1.165) is 32.2 Å². The van der Waals surface area contributed by atoms with Crippen molar-refractivity contribution in [1.29, 1.82) is 0 Å². The van der Waals surface area contributed by atoms with Crippen LogP contribution >= 0.6 is 0 Å². The smallest absolute Gasteiger partial charge is 0.0534 e. The fourth-order valence-corrected chi connectivity index (χ4v) is 2.60. The van der Waals surface area contributed by atoms with Crippen LogP contribution in [-0.4, -0.2) is 26.3 Å². The van der Waals surface area contributed by atoms with Gasteiger partial charge in [0.05, 0.1) is 6.61 Å². The van der Waals surface area contributed by atoms with Gasteiger partial charge in [0.1, 0.15) is 0 Å². The molecule has 1 N–H and O–H groups in total. The highest BCUT2D eigenvalue weighted by molar-refractivity contribution is 4.85. The zero-order valence-electron chi connectivity index (χ0n) is 13.1. The molecule has 0 aromatic rings. The molecule has 1 aliphatic rings. The summed E-state index contributed by atoms with van der Waals surface area (Å²) < 4.78 is 5.77. The Bertz CT molecular complexity index is 224. The molecule has 1 saturated heterocycles. The lowest BCUT2D eigenvalue weighted by Crippen LogP contribution is -2.42. The molecule has 108 valence electrons. The van der Waals surface area contributed by atoms with Crippen LogP contribution in [0.5, 0.6) is 0 Å². The molecule has 2 heteroatoms. The highest BCUT2D eigenvalue weighted by atomic mass is 16.5. The van der Waals surface area contributed by atoms with E-state index in [4.69, 9.17) is 4.74 Å². The minimum Gasteiger partial charge on any atom is -0.381 e. The maximum absolute atomic E-state index is 5.77. The highest BCUT2D eigenvalue weighted by Gasteiger charge is 2.33. The summed E-state index contributed by atoms with van der Waals surface area (Å²) in [6.45, 7) is 15.7. The van der Waals surface area contributed by atoms with Gasteiger partial charge in [-0.1, -0.05) is 34.6 Å². The number of ether oxygens (including phenoxy) is 1. The molecule has 0 aliphatic carbocycles. The third kappa shape index (κ3) is 6.19. The molecular formula is C16H33NO. The number of hydrogen-bond acceptors (Lipinski definition) is 2. The molecule has 2 nitrogen and oxygen atoms in total. The average Bonchev–Trinajstić information content (AvgIpc) is 2.27. The van der Waals surface area contributed by atoms with Crippen LogP contribution in [-0.2, 0) is 4.74 Å². The second-order valence-electron chi connectivity index (χ2n) is 7.74. The van der Waals surface area contributed by atoms with Gasteiger partial charge in [0.15, 0.2) is 0 Å². The van der Waals surface area contributed by atoms with Gasteiger partial charge in [-0.05, 0) is 43.6 Å². The van der Waals surface area contributed by atoms with Crippen LogP contribution in [0.25, 0.3) is 0 Å². The van der Waals surface area contributed by atoms with Gasteiger partial charge in [-0.2, -0.15) is 0 Å². The van der Waals surface area contributed by atoms with E-state index in [1.807, 2.05) is 0 Å². The minimum absolute atomic E-state index is 0.389. The second-order valence-corrected chi connectivity index (χ2v) is 7.74. The van der Waals surface area contributed by atoms with Crippen LogP contribution in [0.3, 0.4) is 0 Å². The summed E-state index contributed by atoms with van der Waals surface area (Å²) in [6, 6.07) is 0. The molecule has 0 saturated carbocycles. The molecule has 18 heavy (non-hydrogen) atoms. The molecule has 0 bridgehead atoms. The van der Waals surface area contributed by atoms with Crippen LogP contribution in [0.4, 0.5) is 0 Å². The fraction of sp³-hybridized carbons (Fsp3) is 1.00. The number of rotatable bonds is 6. The van der Waals surface area contributed by atoms with Crippen LogP contribution in [0.15, 0.2) is 0 Å². The molecule has 1 heterocycles. The van der Waals surface area contributed by atoms with Gasteiger partial charge in [-0.15, -0.1) is 0 Å². The normalized spacial score (nSPS) is 25.7. The maximum atomic E-state index is 5.77.